The summed E-state index contributed by atoms with van der Waals surface area (Å²) in [7, 11) is 0. The van der Waals surface area contributed by atoms with Gasteiger partial charge >= 0.3 is 0 Å². The smallest absolute Gasteiger partial charge is 0.232 e. The van der Waals surface area contributed by atoms with E-state index in [2.05, 4.69) is 47.2 Å². The Morgan fingerprint density at radius 2 is 1.94 bits per heavy atom. The summed E-state index contributed by atoms with van der Waals surface area (Å²) in [6.45, 7) is 6.85. The van der Waals surface area contributed by atoms with E-state index in [0.29, 0.717) is 6.54 Å². The van der Waals surface area contributed by atoms with E-state index in [1.54, 1.807) is 11.8 Å². The summed E-state index contributed by atoms with van der Waals surface area (Å²) in [5, 5.41) is 3.02. The minimum atomic E-state index is -0.0610. The molecule has 0 aromatic heterocycles. The number of halogens is 1. The summed E-state index contributed by atoms with van der Waals surface area (Å²) in [6.07, 6.45) is 1.95. The molecule has 0 aliphatic carbocycles. The summed E-state index contributed by atoms with van der Waals surface area (Å²) in [4.78, 5) is 11.8. The number of thioether (sulfide) groups is 1. The third-order valence-electron chi connectivity index (χ3n) is 3.05. The second-order valence-corrected chi connectivity index (χ2v) is 7.08. The molecule has 1 amide bonds. The van der Waals surface area contributed by atoms with Gasteiger partial charge in [0.2, 0.25) is 5.91 Å². The average Bonchev–Trinajstić information content (AvgIpc) is 2.35. The highest BCUT2D eigenvalue weighted by Gasteiger charge is 2.22. The highest BCUT2D eigenvalue weighted by Crippen LogP contribution is 2.24. The van der Waals surface area contributed by atoms with Gasteiger partial charge < -0.3 is 5.32 Å². The minimum Gasteiger partial charge on any atom is -0.354 e. The maximum absolute atomic E-state index is 11.8. The number of rotatable bonds is 5. The van der Waals surface area contributed by atoms with E-state index in [0.717, 1.165) is 4.47 Å². The molecule has 0 radical (unpaired) electrons. The number of amides is 1. The molecule has 1 aromatic rings. The van der Waals surface area contributed by atoms with Crippen LogP contribution in [-0.2, 0) is 10.2 Å². The number of nitrogens with one attached hydrogen (secondary N) is 1. The van der Waals surface area contributed by atoms with Gasteiger partial charge in [0.05, 0.1) is 5.25 Å². The predicted molar refractivity (Wildman–Crippen MR) is 83.2 cm³/mol. The zero-order chi connectivity index (χ0) is 13.8. The third kappa shape index (κ3) is 4.32. The van der Waals surface area contributed by atoms with Crippen molar-refractivity contribution in [2.45, 2.75) is 31.4 Å². The van der Waals surface area contributed by atoms with Crippen LogP contribution in [0.2, 0.25) is 0 Å². The lowest BCUT2D eigenvalue weighted by Crippen LogP contribution is -2.39. The molecule has 0 fully saturated rings. The van der Waals surface area contributed by atoms with E-state index >= 15 is 0 Å². The Morgan fingerprint density at radius 1 is 1.39 bits per heavy atom. The average molecular weight is 330 g/mol. The van der Waals surface area contributed by atoms with Crippen LogP contribution in [0.15, 0.2) is 28.7 Å². The van der Waals surface area contributed by atoms with E-state index in [4.69, 9.17) is 0 Å². The van der Waals surface area contributed by atoms with Crippen molar-refractivity contribution in [3.8, 4) is 0 Å². The summed E-state index contributed by atoms with van der Waals surface area (Å²) in [5.41, 5.74) is 1.16. The van der Waals surface area contributed by atoms with Crippen molar-refractivity contribution in [2.24, 2.45) is 0 Å². The van der Waals surface area contributed by atoms with Crippen LogP contribution in [0.4, 0.5) is 0 Å². The lowest BCUT2D eigenvalue weighted by Gasteiger charge is -2.26. The van der Waals surface area contributed by atoms with Gasteiger partial charge in [-0.05, 0) is 30.9 Å². The van der Waals surface area contributed by atoms with Gasteiger partial charge in [-0.25, -0.2) is 0 Å². The van der Waals surface area contributed by atoms with Crippen molar-refractivity contribution in [3.63, 3.8) is 0 Å². The number of hydrogen-bond donors (Lipinski definition) is 1. The van der Waals surface area contributed by atoms with E-state index in [9.17, 15) is 4.79 Å². The fraction of sp³-hybridized carbons (Fsp3) is 0.500. The van der Waals surface area contributed by atoms with Gasteiger partial charge in [0.25, 0.3) is 0 Å². The molecule has 0 spiro atoms. The molecule has 4 heteroatoms. The molecule has 1 N–H and O–H groups in total. The van der Waals surface area contributed by atoms with Crippen LogP contribution >= 0.6 is 27.7 Å². The van der Waals surface area contributed by atoms with Crippen LogP contribution in [0.25, 0.3) is 0 Å². The fourth-order valence-corrected chi connectivity index (χ4v) is 2.12. The molecule has 0 heterocycles. The zero-order valence-corrected chi connectivity index (χ0v) is 13.7. The largest absolute Gasteiger partial charge is 0.354 e. The van der Waals surface area contributed by atoms with Gasteiger partial charge in [-0.15, -0.1) is 0 Å². The predicted octanol–water partition coefficient (Wildman–Crippen LogP) is 3.59. The summed E-state index contributed by atoms with van der Waals surface area (Å²) >= 11 is 4.99. The second-order valence-electron chi connectivity index (χ2n) is 4.99. The first-order chi connectivity index (χ1) is 8.36. The SMILES string of the molecule is CSC(C)C(=O)NCC(C)(C)c1ccc(Br)cc1. The molecule has 0 aliphatic heterocycles. The van der Waals surface area contributed by atoms with Crippen LogP contribution in [0.3, 0.4) is 0 Å². The Balaban J connectivity index is 2.65. The Labute approximate surface area is 122 Å². The van der Waals surface area contributed by atoms with E-state index in [-0.39, 0.29) is 16.6 Å². The van der Waals surface area contributed by atoms with Crippen molar-refractivity contribution in [1.82, 2.24) is 5.32 Å². The molecule has 1 atom stereocenters. The maximum atomic E-state index is 11.8. The standard InChI is InChI=1S/C14H20BrNOS/c1-10(18-4)13(17)16-9-14(2,3)11-5-7-12(15)8-6-11/h5-8,10H,9H2,1-4H3,(H,16,17). The lowest BCUT2D eigenvalue weighted by atomic mass is 9.84. The summed E-state index contributed by atoms with van der Waals surface area (Å²) in [5.74, 6) is 0.104. The summed E-state index contributed by atoms with van der Waals surface area (Å²) < 4.78 is 1.07. The Kier molecular flexibility index (Phi) is 5.73. The van der Waals surface area contributed by atoms with Gasteiger partial charge in [0.15, 0.2) is 0 Å². The highest BCUT2D eigenvalue weighted by atomic mass is 79.9. The number of benzene rings is 1. The van der Waals surface area contributed by atoms with E-state index in [1.807, 2.05) is 25.3 Å². The van der Waals surface area contributed by atoms with Gasteiger partial charge in [-0.2, -0.15) is 11.8 Å². The van der Waals surface area contributed by atoms with Crippen molar-refractivity contribution in [2.75, 3.05) is 12.8 Å². The Hall–Kier alpha value is -0.480. The molecule has 1 unspecified atom stereocenters. The molecule has 0 bridgehead atoms. The minimum absolute atomic E-state index is 0.00529. The normalized spacial score (nSPS) is 13.2. The van der Waals surface area contributed by atoms with Crippen LogP contribution in [0, 0.1) is 0 Å². The molecule has 0 saturated carbocycles. The molecule has 0 saturated heterocycles. The third-order valence-corrected chi connectivity index (χ3v) is 4.50. The first kappa shape index (κ1) is 15.6. The molecule has 100 valence electrons. The number of carbonyl (C=O) groups is 1. The Bertz CT molecular complexity index is 403. The molecular formula is C14H20BrNOS. The highest BCUT2D eigenvalue weighted by molar-refractivity contribution is 9.10. The van der Waals surface area contributed by atoms with Gasteiger partial charge in [0.1, 0.15) is 0 Å². The molecule has 1 rings (SSSR count). The molecular weight excluding hydrogens is 310 g/mol. The number of hydrogen-bond acceptors (Lipinski definition) is 2. The quantitative estimate of drug-likeness (QED) is 0.894. The van der Waals surface area contributed by atoms with Crippen molar-refractivity contribution in [3.05, 3.63) is 34.3 Å². The van der Waals surface area contributed by atoms with Gasteiger partial charge in [0, 0.05) is 16.4 Å². The van der Waals surface area contributed by atoms with Crippen LogP contribution in [0.1, 0.15) is 26.3 Å². The fourth-order valence-electron chi connectivity index (χ4n) is 1.56. The molecule has 2 nitrogen and oxygen atoms in total. The monoisotopic (exact) mass is 329 g/mol. The Morgan fingerprint density at radius 3 is 2.44 bits per heavy atom. The molecule has 0 aliphatic rings. The topological polar surface area (TPSA) is 29.1 Å². The van der Waals surface area contributed by atoms with Crippen LogP contribution in [0.5, 0.6) is 0 Å². The first-order valence-corrected chi connectivity index (χ1v) is 8.01. The zero-order valence-electron chi connectivity index (χ0n) is 11.3. The summed E-state index contributed by atoms with van der Waals surface area (Å²) in [6, 6.07) is 8.25. The van der Waals surface area contributed by atoms with Crippen molar-refractivity contribution >= 4 is 33.6 Å². The lowest BCUT2D eigenvalue weighted by molar-refractivity contribution is -0.120. The van der Waals surface area contributed by atoms with E-state index in [1.165, 1.54) is 5.56 Å². The van der Waals surface area contributed by atoms with E-state index < -0.39 is 0 Å². The number of carbonyl (C=O) groups excluding carboxylic acids is 1. The molecule has 1 aromatic carbocycles. The van der Waals surface area contributed by atoms with Crippen LogP contribution in [-0.4, -0.2) is 24.0 Å². The first-order valence-electron chi connectivity index (χ1n) is 5.93. The van der Waals surface area contributed by atoms with Crippen molar-refractivity contribution < 1.29 is 4.79 Å². The molecule has 18 heavy (non-hydrogen) atoms. The van der Waals surface area contributed by atoms with Gasteiger partial charge in [-0.3, -0.25) is 4.79 Å². The maximum Gasteiger partial charge on any atom is 0.232 e. The van der Waals surface area contributed by atoms with Crippen molar-refractivity contribution in [1.29, 1.82) is 0 Å². The second kappa shape index (κ2) is 6.62. The van der Waals surface area contributed by atoms with Gasteiger partial charge in [-0.1, -0.05) is 41.9 Å². The van der Waals surface area contributed by atoms with Crippen LogP contribution < -0.4 is 5.32 Å².